The molecule has 0 heterocycles. The van der Waals surface area contributed by atoms with Gasteiger partial charge in [0.15, 0.2) is 0 Å². The number of carbonyl (C=O) groups is 1. The molecule has 1 unspecified atom stereocenters. The molecule has 0 aromatic heterocycles. The third-order valence-electron chi connectivity index (χ3n) is 7.51. The van der Waals surface area contributed by atoms with Crippen molar-refractivity contribution in [3.8, 4) is 0 Å². The van der Waals surface area contributed by atoms with E-state index in [1.165, 1.54) is 116 Å². The second-order valence-electron chi connectivity index (χ2n) is 11.1. The summed E-state index contributed by atoms with van der Waals surface area (Å²) in [5.74, 6) is 0.544. The third-order valence-corrected chi connectivity index (χ3v) is 7.51. The van der Waals surface area contributed by atoms with Gasteiger partial charge in [-0.05, 0) is 51.1 Å². The Kier molecular flexibility index (Phi) is 28.5. The van der Waals surface area contributed by atoms with Crippen LogP contribution in [0.15, 0.2) is 0 Å². The highest BCUT2D eigenvalue weighted by molar-refractivity contribution is 5.69. The Hall–Kier alpha value is -0.610. The number of hydrogen-bond donors (Lipinski definition) is 1. The molecule has 216 valence electrons. The zero-order valence-electron chi connectivity index (χ0n) is 24.9. The largest absolute Gasteiger partial charge is 0.465 e. The van der Waals surface area contributed by atoms with Gasteiger partial charge >= 0.3 is 5.97 Å². The van der Waals surface area contributed by atoms with Crippen LogP contribution in [-0.4, -0.2) is 48.8 Å². The molecule has 4 heteroatoms. The maximum absolute atomic E-state index is 12.4. The Balaban J connectivity index is 4.11. The quantitative estimate of drug-likeness (QED) is 0.0803. The van der Waals surface area contributed by atoms with Crippen molar-refractivity contribution in [3.05, 3.63) is 0 Å². The van der Waals surface area contributed by atoms with Gasteiger partial charge in [0.1, 0.15) is 0 Å². The van der Waals surface area contributed by atoms with Crippen molar-refractivity contribution in [2.75, 3.05) is 32.8 Å². The first-order valence-corrected chi connectivity index (χ1v) is 16.2. The summed E-state index contributed by atoms with van der Waals surface area (Å²) in [6.45, 7) is 10.5. The van der Waals surface area contributed by atoms with Crippen LogP contribution in [0.2, 0.25) is 0 Å². The van der Waals surface area contributed by atoms with Gasteiger partial charge in [-0.1, -0.05) is 124 Å². The maximum atomic E-state index is 12.4. The molecule has 0 aliphatic heterocycles. The second kappa shape index (κ2) is 29.0. The molecule has 0 aliphatic rings. The van der Waals surface area contributed by atoms with E-state index in [0.29, 0.717) is 18.9 Å². The lowest BCUT2D eigenvalue weighted by Crippen LogP contribution is -2.29. The van der Waals surface area contributed by atoms with E-state index in [4.69, 9.17) is 4.74 Å². The minimum absolute atomic E-state index is 0.00272. The van der Waals surface area contributed by atoms with Crippen molar-refractivity contribution in [2.45, 2.75) is 162 Å². The van der Waals surface area contributed by atoms with Crippen LogP contribution in [0.1, 0.15) is 162 Å². The number of esters is 1. The molecule has 0 saturated carbocycles. The zero-order valence-corrected chi connectivity index (χ0v) is 24.9. The van der Waals surface area contributed by atoms with Crippen LogP contribution in [0, 0.1) is 5.92 Å². The van der Waals surface area contributed by atoms with Gasteiger partial charge in [0.2, 0.25) is 0 Å². The van der Waals surface area contributed by atoms with Crippen molar-refractivity contribution in [2.24, 2.45) is 5.92 Å². The van der Waals surface area contributed by atoms with Gasteiger partial charge < -0.3 is 14.7 Å². The molecule has 0 saturated heterocycles. The Morgan fingerprint density at radius 1 is 0.611 bits per heavy atom. The molecule has 0 amide bonds. The molecule has 36 heavy (non-hydrogen) atoms. The fourth-order valence-corrected chi connectivity index (χ4v) is 5.01. The summed E-state index contributed by atoms with van der Waals surface area (Å²) in [6, 6.07) is 0. The predicted octanol–water partition coefficient (Wildman–Crippen LogP) is 9.08. The van der Waals surface area contributed by atoms with Crippen LogP contribution in [0.25, 0.3) is 0 Å². The minimum atomic E-state index is -0.00272. The molecule has 0 aliphatic carbocycles. The lowest BCUT2D eigenvalue weighted by molar-refractivity contribution is -0.145. The first kappa shape index (κ1) is 35.4. The fourth-order valence-electron chi connectivity index (χ4n) is 5.01. The Morgan fingerprint density at radius 2 is 1.08 bits per heavy atom. The van der Waals surface area contributed by atoms with E-state index in [9.17, 15) is 9.90 Å². The van der Waals surface area contributed by atoms with E-state index < -0.39 is 0 Å². The molecule has 0 radical (unpaired) electrons. The van der Waals surface area contributed by atoms with Crippen molar-refractivity contribution in [3.63, 3.8) is 0 Å². The van der Waals surface area contributed by atoms with Gasteiger partial charge in [-0.3, -0.25) is 4.79 Å². The lowest BCUT2D eigenvalue weighted by Gasteiger charge is -2.20. The van der Waals surface area contributed by atoms with E-state index in [2.05, 4.69) is 25.7 Å². The highest BCUT2D eigenvalue weighted by atomic mass is 16.5. The number of ether oxygens (including phenoxy) is 1. The number of nitrogens with zero attached hydrogens (tertiary/aromatic N) is 1. The first-order valence-electron chi connectivity index (χ1n) is 16.2. The van der Waals surface area contributed by atoms with Crippen LogP contribution in [0.3, 0.4) is 0 Å². The number of unbranched alkanes of at least 4 members (excludes halogenated alkanes) is 15. The molecule has 0 aromatic rings. The minimum Gasteiger partial charge on any atom is -0.465 e. The summed E-state index contributed by atoms with van der Waals surface area (Å²) in [4.78, 5) is 14.7. The Morgan fingerprint density at radius 3 is 1.61 bits per heavy atom. The van der Waals surface area contributed by atoms with Gasteiger partial charge in [-0.15, -0.1) is 0 Å². The van der Waals surface area contributed by atoms with Gasteiger partial charge in [0.05, 0.1) is 13.2 Å². The van der Waals surface area contributed by atoms with Crippen LogP contribution in [-0.2, 0) is 9.53 Å². The average Bonchev–Trinajstić information content (AvgIpc) is 2.88. The molecule has 0 bridgehead atoms. The molecular weight excluding hydrogens is 446 g/mol. The number of carbonyl (C=O) groups excluding carboxylic acids is 1. The molecule has 1 atom stereocenters. The molecule has 1 N–H and O–H groups in total. The van der Waals surface area contributed by atoms with Gasteiger partial charge in [-0.2, -0.15) is 0 Å². The molecule has 0 spiro atoms. The Bertz CT molecular complexity index is 443. The summed E-state index contributed by atoms with van der Waals surface area (Å²) in [7, 11) is 0. The van der Waals surface area contributed by atoms with Gasteiger partial charge in [0.25, 0.3) is 0 Å². The van der Waals surface area contributed by atoms with Crippen molar-refractivity contribution in [1.29, 1.82) is 0 Å². The topological polar surface area (TPSA) is 49.8 Å². The summed E-state index contributed by atoms with van der Waals surface area (Å²) >= 11 is 0. The highest BCUT2D eigenvalue weighted by Gasteiger charge is 2.12. The third kappa shape index (κ3) is 25.1. The van der Waals surface area contributed by atoms with E-state index in [1.54, 1.807) is 0 Å². The summed E-state index contributed by atoms with van der Waals surface area (Å²) < 4.78 is 5.76. The Labute approximate surface area is 226 Å². The van der Waals surface area contributed by atoms with E-state index in [0.717, 1.165) is 38.9 Å². The van der Waals surface area contributed by atoms with Crippen LogP contribution in [0.4, 0.5) is 0 Å². The van der Waals surface area contributed by atoms with Crippen molar-refractivity contribution in [1.82, 2.24) is 4.90 Å². The molecule has 4 nitrogen and oxygen atoms in total. The standard InChI is InChI=1S/C32H65NO3/c1-4-7-10-12-14-15-17-20-24-31(23-19-16-13-11-8-5-2)30-36-32(35)25-21-18-22-27-33(28-29-34)26-9-6-3/h31,34H,4-30H2,1-3H3. The van der Waals surface area contributed by atoms with Gasteiger partial charge in [0, 0.05) is 13.0 Å². The lowest BCUT2D eigenvalue weighted by atomic mass is 9.94. The van der Waals surface area contributed by atoms with Gasteiger partial charge in [-0.25, -0.2) is 0 Å². The van der Waals surface area contributed by atoms with E-state index in [-0.39, 0.29) is 12.6 Å². The zero-order chi connectivity index (χ0) is 26.5. The molecule has 0 rings (SSSR count). The van der Waals surface area contributed by atoms with Crippen LogP contribution >= 0.6 is 0 Å². The average molecular weight is 512 g/mol. The summed E-state index contributed by atoms with van der Waals surface area (Å²) in [5.41, 5.74) is 0. The fraction of sp³-hybridized carbons (Fsp3) is 0.969. The molecule has 0 fully saturated rings. The summed E-state index contributed by atoms with van der Waals surface area (Å²) in [6.07, 6.45) is 27.3. The van der Waals surface area contributed by atoms with E-state index >= 15 is 0 Å². The predicted molar refractivity (Wildman–Crippen MR) is 157 cm³/mol. The van der Waals surface area contributed by atoms with Crippen LogP contribution in [0.5, 0.6) is 0 Å². The van der Waals surface area contributed by atoms with Crippen LogP contribution < -0.4 is 0 Å². The monoisotopic (exact) mass is 511 g/mol. The number of hydrogen-bond acceptors (Lipinski definition) is 4. The highest BCUT2D eigenvalue weighted by Crippen LogP contribution is 2.20. The number of rotatable bonds is 29. The van der Waals surface area contributed by atoms with Crippen molar-refractivity contribution < 1.29 is 14.6 Å². The smallest absolute Gasteiger partial charge is 0.305 e. The number of aliphatic hydroxyl groups is 1. The SMILES string of the molecule is CCCCCCCCCCC(CCCCCCCC)COC(=O)CCCCCN(CCO)CCCC. The van der Waals surface area contributed by atoms with Crippen molar-refractivity contribution >= 4 is 5.97 Å². The maximum Gasteiger partial charge on any atom is 0.305 e. The molecular formula is C32H65NO3. The second-order valence-corrected chi connectivity index (χ2v) is 11.1. The van der Waals surface area contributed by atoms with E-state index in [1.807, 2.05) is 0 Å². The summed E-state index contributed by atoms with van der Waals surface area (Å²) in [5, 5.41) is 9.24. The number of aliphatic hydroxyl groups excluding tert-OH is 1. The molecule has 0 aromatic carbocycles. The normalized spacial score (nSPS) is 12.4. The first-order chi connectivity index (χ1) is 17.7.